The Morgan fingerprint density at radius 3 is 2.73 bits per heavy atom. The molecule has 6 rings (SSSR count). The minimum Gasteiger partial charge on any atom is -0.389 e. The van der Waals surface area contributed by atoms with Crippen molar-refractivity contribution in [1.29, 1.82) is 0 Å². The molecule has 0 bridgehead atoms. The number of β-amino-alcohol motifs (C(OH)–C–C–N with tert-alkyl or cyclic N) is 1. The van der Waals surface area contributed by atoms with Crippen molar-refractivity contribution >= 4 is 22.6 Å². The number of piperidine rings is 1. The van der Waals surface area contributed by atoms with Gasteiger partial charge in [0, 0.05) is 56.2 Å². The van der Waals surface area contributed by atoms with Gasteiger partial charge in [0.2, 0.25) is 0 Å². The molecule has 1 aromatic carbocycles. The Kier molecular flexibility index (Phi) is 6.89. The van der Waals surface area contributed by atoms with Crippen LogP contribution in [0.3, 0.4) is 0 Å². The summed E-state index contributed by atoms with van der Waals surface area (Å²) in [5.74, 6) is 0.482. The van der Waals surface area contributed by atoms with Crippen molar-refractivity contribution in [3.63, 3.8) is 0 Å². The number of aliphatic hydroxyl groups excluding tert-OH is 1. The Morgan fingerprint density at radius 1 is 1.23 bits per heavy atom. The molecule has 11 heteroatoms. The van der Waals surface area contributed by atoms with E-state index in [9.17, 15) is 15.0 Å². The van der Waals surface area contributed by atoms with E-state index < -0.39 is 11.7 Å². The van der Waals surface area contributed by atoms with Gasteiger partial charge in [-0.3, -0.25) is 14.4 Å². The topological polar surface area (TPSA) is 113 Å². The lowest BCUT2D eigenvalue weighted by atomic mass is 9.88. The summed E-state index contributed by atoms with van der Waals surface area (Å²) >= 11 is 0. The van der Waals surface area contributed by atoms with Crippen molar-refractivity contribution in [3.05, 3.63) is 60.6 Å². The van der Waals surface area contributed by atoms with Gasteiger partial charge in [-0.05, 0) is 43.9 Å². The molecule has 2 fully saturated rings. The fraction of sp³-hybridized carbons (Fsp3) is 0.448. The van der Waals surface area contributed by atoms with Crippen molar-refractivity contribution in [2.45, 2.75) is 57.0 Å². The molecule has 1 aliphatic heterocycles. The highest BCUT2D eigenvalue weighted by molar-refractivity contribution is 5.88. The molecule has 2 N–H and O–H groups in total. The summed E-state index contributed by atoms with van der Waals surface area (Å²) in [7, 11) is 1.83. The number of carbonyl (C=O) groups is 1. The molecule has 4 aromatic rings. The Labute approximate surface area is 231 Å². The predicted molar refractivity (Wildman–Crippen MR) is 148 cm³/mol. The fourth-order valence-corrected chi connectivity index (χ4v) is 5.68. The summed E-state index contributed by atoms with van der Waals surface area (Å²) in [6.45, 7) is 3.07. The molecule has 2 atom stereocenters. The average Bonchev–Trinajstić information content (AvgIpc) is 3.54. The van der Waals surface area contributed by atoms with Crippen LogP contribution in [0.2, 0.25) is 0 Å². The number of carbonyl (C=O) groups excluding carboxylic acids is 1. The summed E-state index contributed by atoms with van der Waals surface area (Å²) in [4.78, 5) is 24.6. The summed E-state index contributed by atoms with van der Waals surface area (Å²) < 4.78 is 18.8. The number of aryl methyl sites for hydroxylation is 1. The third-order valence-electron chi connectivity index (χ3n) is 8.03. The molecule has 1 saturated carbocycles. The molecule has 10 nitrogen and oxygen atoms in total. The van der Waals surface area contributed by atoms with Crippen LogP contribution in [0.5, 0.6) is 0 Å². The predicted octanol–water partition coefficient (Wildman–Crippen LogP) is 2.53. The highest BCUT2D eigenvalue weighted by Gasteiger charge is 2.41. The van der Waals surface area contributed by atoms with Crippen LogP contribution in [0, 0.1) is 5.82 Å². The number of hydrogen-bond acceptors (Lipinski definition) is 8. The number of aromatic nitrogens is 5. The first-order valence-corrected chi connectivity index (χ1v) is 13.7. The lowest BCUT2D eigenvalue weighted by Crippen LogP contribution is -2.58. The minimum absolute atomic E-state index is 0.0304. The van der Waals surface area contributed by atoms with Crippen molar-refractivity contribution in [1.82, 2.24) is 29.2 Å². The van der Waals surface area contributed by atoms with Crippen molar-refractivity contribution in [2.24, 2.45) is 7.05 Å². The summed E-state index contributed by atoms with van der Waals surface area (Å²) in [5, 5.41) is 27.1. The molecule has 0 spiro atoms. The molecule has 0 unspecified atom stereocenters. The number of aliphatic hydroxyl groups is 2. The maximum Gasteiger partial charge on any atom is 0.145 e. The number of nitrogens with zero attached hydrogens (tertiary/aromatic N) is 7. The number of likely N-dealkylation sites (tertiary alicyclic amines) is 1. The normalized spacial score (nSPS) is 21.7. The highest BCUT2D eigenvalue weighted by atomic mass is 19.1. The maximum atomic E-state index is 15.3. The van der Waals surface area contributed by atoms with Crippen LogP contribution in [0.1, 0.15) is 31.7 Å². The number of anilines is 1. The first-order valence-electron chi connectivity index (χ1n) is 13.7. The minimum atomic E-state index is -1.35. The second-order valence-corrected chi connectivity index (χ2v) is 11.3. The molecule has 4 heterocycles. The van der Waals surface area contributed by atoms with Gasteiger partial charge < -0.3 is 19.7 Å². The molecule has 1 saturated heterocycles. The standard InChI is InChI=1S/C29H34FN7O3/c1-19(38)13-35-10-8-29(40,26(39)16-35)17-36-9-7-24-27(36)31-18-32-28(24)37(23-5-6-23)15-21-4-3-20(11-25(21)30)22-12-33-34(2)14-22/h3-4,7,9,11-12,14,18,23,26,39-40H,5-6,8,10,13,15-17H2,1-2H3/t26-,29-/m1/s1. The molecule has 40 heavy (non-hydrogen) atoms. The lowest BCUT2D eigenvalue weighted by Gasteiger charge is -2.42. The van der Waals surface area contributed by atoms with Crippen LogP contribution in [0.25, 0.3) is 22.2 Å². The highest BCUT2D eigenvalue weighted by Crippen LogP contribution is 2.37. The summed E-state index contributed by atoms with van der Waals surface area (Å²) in [6.07, 6.45) is 8.28. The van der Waals surface area contributed by atoms with Gasteiger partial charge in [0.15, 0.2) is 0 Å². The van der Waals surface area contributed by atoms with Crippen LogP contribution in [-0.2, 0) is 24.9 Å². The second-order valence-electron chi connectivity index (χ2n) is 11.3. The molecule has 3 aromatic heterocycles. The molecular weight excluding hydrogens is 513 g/mol. The third kappa shape index (κ3) is 5.24. The third-order valence-corrected chi connectivity index (χ3v) is 8.03. The Hall–Kier alpha value is -3.67. The molecule has 0 amide bonds. The van der Waals surface area contributed by atoms with Crippen molar-refractivity contribution in [3.8, 4) is 11.1 Å². The van der Waals surface area contributed by atoms with Crippen LogP contribution in [-0.4, -0.2) is 82.6 Å². The molecule has 0 radical (unpaired) electrons. The van der Waals surface area contributed by atoms with Gasteiger partial charge >= 0.3 is 0 Å². The second kappa shape index (κ2) is 10.4. The summed E-state index contributed by atoms with van der Waals surface area (Å²) in [6, 6.07) is 7.47. The van der Waals surface area contributed by atoms with Gasteiger partial charge in [-0.15, -0.1) is 0 Å². The molecule has 1 aliphatic carbocycles. The number of fused-ring (bicyclic) bond motifs is 1. The van der Waals surface area contributed by atoms with E-state index in [1.807, 2.05) is 47.1 Å². The zero-order valence-corrected chi connectivity index (χ0v) is 22.7. The van der Waals surface area contributed by atoms with E-state index in [4.69, 9.17) is 0 Å². The van der Waals surface area contributed by atoms with Gasteiger partial charge in [-0.1, -0.05) is 12.1 Å². The van der Waals surface area contributed by atoms with Crippen LogP contribution in [0.15, 0.2) is 49.2 Å². The number of ketones is 1. The fourth-order valence-electron chi connectivity index (χ4n) is 5.68. The van der Waals surface area contributed by atoms with Crippen molar-refractivity contribution < 1.29 is 19.4 Å². The van der Waals surface area contributed by atoms with Gasteiger partial charge in [0.25, 0.3) is 0 Å². The van der Waals surface area contributed by atoms with E-state index >= 15 is 4.39 Å². The monoisotopic (exact) mass is 547 g/mol. The largest absolute Gasteiger partial charge is 0.389 e. The first-order chi connectivity index (χ1) is 19.2. The van der Waals surface area contributed by atoms with E-state index in [0.29, 0.717) is 30.7 Å². The summed E-state index contributed by atoms with van der Waals surface area (Å²) in [5.41, 5.74) is 1.53. The molecule has 2 aliphatic rings. The lowest BCUT2D eigenvalue weighted by molar-refractivity contribution is -0.134. The van der Waals surface area contributed by atoms with Crippen LogP contribution < -0.4 is 4.90 Å². The first kappa shape index (κ1) is 26.5. The Morgan fingerprint density at radius 2 is 2.05 bits per heavy atom. The van der Waals surface area contributed by atoms with Crippen molar-refractivity contribution in [2.75, 3.05) is 24.5 Å². The van der Waals surface area contributed by atoms with Crippen LogP contribution >= 0.6 is 0 Å². The Bertz CT molecular complexity index is 1550. The number of Topliss-reactive ketones (excluding diaryl/α,β-unsaturated/α-hetero) is 1. The number of benzene rings is 1. The van der Waals surface area contributed by atoms with Gasteiger partial charge in [-0.2, -0.15) is 5.10 Å². The molecule has 210 valence electrons. The van der Waals surface area contributed by atoms with Crippen LogP contribution in [0.4, 0.5) is 10.2 Å². The number of hydrogen-bond donors (Lipinski definition) is 2. The smallest absolute Gasteiger partial charge is 0.145 e. The SMILES string of the molecule is CC(=O)CN1CC[C@@](O)(Cn2ccc3c(N(Cc4ccc(-c5cnn(C)c5)cc4F)C4CC4)ncnc32)[C@H](O)C1. The zero-order valence-electron chi connectivity index (χ0n) is 22.7. The zero-order chi connectivity index (χ0) is 28.0. The van der Waals surface area contributed by atoms with E-state index in [2.05, 4.69) is 20.0 Å². The Balaban J connectivity index is 1.24. The van der Waals surface area contributed by atoms with Gasteiger partial charge in [-0.25, -0.2) is 14.4 Å². The number of rotatable bonds is 9. The van der Waals surface area contributed by atoms with E-state index in [-0.39, 0.29) is 37.3 Å². The van der Waals surface area contributed by atoms with E-state index in [1.165, 1.54) is 13.3 Å². The van der Waals surface area contributed by atoms with Gasteiger partial charge in [0.1, 0.15) is 35.0 Å². The van der Waals surface area contributed by atoms with Gasteiger partial charge in [0.05, 0.1) is 30.8 Å². The van der Waals surface area contributed by atoms with E-state index in [0.717, 1.165) is 35.2 Å². The number of halogens is 1. The quantitative estimate of drug-likeness (QED) is 0.329. The average molecular weight is 548 g/mol. The molecular formula is C29H34FN7O3. The maximum absolute atomic E-state index is 15.3. The van der Waals surface area contributed by atoms with E-state index in [1.54, 1.807) is 16.9 Å².